The van der Waals surface area contributed by atoms with Crippen molar-refractivity contribution in [2.45, 2.75) is 52.5 Å². The molecule has 8 nitrogen and oxygen atoms in total. The van der Waals surface area contributed by atoms with Gasteiger partial charge in [0.15, 0.2) is 5.75 Å². The fourth-order valence-electron chi connectivity index (χ4n) is 3.20. The largest absolute Gasteiger partial charge is 0.511 e. The van der Waals surface area contributed by atoms with Crippen molar-refractivity contribution >= 4 is 11.9 Å². The molecule has 0 amide bonds. The average molecular weight is 422 g/mol. The molecule has 0 aliphatic carbocycles. The Morgan fingerprint density at radius 1 is 1.10 bits per heavy atom. The van der Waals surface area contributed by atoms with Gasteiger partial charge in [-0.05, 0) is 30.5 Å². The van der Waals surface area contributed by atoms with E-state index in [1.54, 1.807) is 23.0 Å². The maximum absolute atomic E-state index is 12.2. The number of aryl methyl sites for hydroxylation is 1. The third-order valence-corrected chi connectivity index (χ3v) is 4.76. The van der Waals surface area contributed by atoms with E-state index >= 15 is 0 Å². The smallest absolute Gasteiger partial charge is 0.449 e. The second kappa shape index (κ2) is 10.5. The van der Waals surface area contributed by atoms with Crippen molar-refractivity contribution in [3.05, 3.63) is 59.8 Å². The first kappa shape index (κ1) is 22.1. The molecule has 162 valence electrons. The van der Waals surface area contributed by atoms with Crippen LogP contribution in [-0.2, 0) is 13.0 Å². The Morgan fingerprint density at radius 3 is 2.55 bits per heavy atom. The van der Waals surface area contributed by atoms with Crippen molar-refractivity contribution in [1.29, 1.82) is 0 Å². The minimum absolute atomic E-state index is 0.0320. The summed E-state index contributed by atoms with van der Waals surface area (Å²) in [5.74, 6) is 1.25. The number of aromatic nitrogens is 4. The Balaban J connectivity index is 1.83. The molecule has 2 heterocycles. The van der Waals surface area contributed by atoms with Crippen LogP contribution in [-0.4, -0.2) is 36.8 Å². The van der Waals surface area contributed by atoms with E-state index in [1.807, 2.05) is 31.2 Å². The summed E-state index contributed by atoms with van der Waals surface area (Å²) in [5.41, 5.74) is 2.18. The number of benzene rings is 1. The molecule has 0 saturated carbocycles. The molecular weight excluding hydrogens is 396 g/mol. The number of nitrogens with zero attached hydrogens (tertiary/aromatic N) is 4. The van der Waals surface area contributed by atoms with Crippen LogP contribution in [0.5, 0.6) is 5.75 Å². The number of carbonyl (C=O) groups excluding carboxylic acids is 1. The third-order valence-electron chi connectivity index (χ3n) is 4.76. The van der Waals surface area contributed by atoms with E-state index in [1.165, 1.54) is 0 Å². The van der Waals surface area contributed by atoms with Crippen LogP contribution in [0.25, 0.3) is 11.3 Å². The van der Waals surface area contributed by atoms with E-state index < -0.39 is 6.16 Å². The van der Waals surface area contributed by atoms with Crippen molar-refractivity contribution < 1.29 is 19.4 Å². The molecule has 0 bridgehead atoms. The maximum Gasteiger partial charge on any atom is 0.511 e. The molecule has 0 aliphatic rings. The molecule has 0 atom stereocenters. The zero-order chi connectivity index (χ0) is 22.2. The lowest BCUT2D eigenvalue weighted by atomic mass is 10.1. The standard InChI is InChI=1S/C23H26N4O4/c1-3-5-9-20-25-22(18(28)7-4-2)26-27(20)15-16-10-12-17(13-11-16)21-19(31-23(29)30)8-6-14-24-21/h6,8,10-14H,3-5,7,9,15H2,1-2H3,(H,29,30). The predicted octanol–water partition coefficient (Wildman–Crippen LogP) is 4.77. The number of hydrogen-bond acceptors (Lipinski definition) is 6. The molecule has 0 radical (unpaired) electrons. The van der Waals surface area contributed by atoms with Gasteiger partial charge in [0.2, 0.25) is 11.6 Å². The van der Waals surface area contributed by atoms with Crippen LogP contribution in [0.4, 0.5) is 4.79 Å². The molecule has 0 saturated heterocycles. The molecule has 0 fully saturated rings. The van der Waals surface area contributed by atoms with Gasteiger partial charge in [-0.1, -0.05) is 44.5 Å². The van der Waals surface area contributed by atoms with Crippen molar-refractivity contribution in [3.63, 3.8) is 0 Å². The van der Waals surface area contributed by atoms with E-state index in [4.69, 9.17) is 9.84 Å². The SMILES string of the molecule is CCCCc1nc(C(=O)CCC)nn1Cc1ccc(-c2ncccc2OC(=O)O)cc1. The number of ketones is 1. The lowest BCUT2D eigenvalue weighted by molar-refractivity contribution is 0.0971. The summed E-state index contributed by atoms with van der Waals surface area (Å²) in [6.07, 6.45) is 4.18. The van der Waals surface area contributed by atoms with Gasteiger partial charge in [0.05, 0.1) is 6.54 Å². The minimum atomic E-state index is -1.38. The third kappa shape index (κ3) is 5.75. The Morgan fingerprint density at radius 2 is 1.87 bits per heavy atom. The molecule has 3 rings (SSSR count). The highest BCUT2D eigenvalue weighted by molar-refractivity contribution is 5.92. The lowest BCUT2D eigenvalue weighted by Gasteiger charge is -2.09. The number of hydrogen-bond donors (Lipinski definition) is 1. The fourth-order valence-corrected chi connectivity index (χ4v) is 3.20. The summed E-state index contributed by atoms with van der Waals surface area (Å²) in [6.45, 7) is 4.57. The van der Waals surface area contributed by atoms with Crippen LogP contribution in [0.2, 0.25) is 0 Å². The average Bonchev–Trinajstić information content (AvgIpc) is 3.16. The van der Waals surface area contributed by atoms with E-state index in [-0.39, 0.29) is 17.4 Å². The van der Waals surface area contributed by atoms with Crippen LogP contribution >= 0.6 is 0 Å². The van der Waals surface area contributed by atoms with E-state index in [0.717, 1.165) is 42.6 Å². The van der Waals surface area contributed by atoms with Crippen LogP contribution < -0.4 is 4.74 Å². The Kier molecular flexibility index (Phi) is 7.48. The monoisotopic (exact) mass is 422 g/mol. The lowest BCUT2D eigenvalue weighted by Crippen LogP contribution is -2.08. The van der Waals surface area contributed by atoms with Crippen molar-refractivity contribution in [1.82, 2.24) is 19.7 Å². The first-order valence-corrected chi connectivity index (χ1v) is 10.4. The van der Waals surface area contributed by atoms with Crippen molar-refractivity contribution in [2.75, 3.05) is 0 Å². The number of carboxylic acid groups (broad SMARTS) is 1. The summed E-state index contributed by atoms with van der Waals surface area (Å²) >= 11 is 0. The number of rotatable bonds is 10. The number of pyridine rings is 1. The number of Topliss-reactive ketones (excluding diaryl/α,β-unsaturated/α-hetero) is 1. The van der Waals surface area contributed by atoms with Gasteiger partial charge in [-0.3, -0.25) is 9.78 Å². The molecule has 0 unspecified atom stereocenters. The van der Waals surface area contributed by atoms with Crippen LogP contribution in [0.3, 0.4) is 0 Å². The first-order valence-electron chi connectivity index (χ1n) is 10.4. The Labute approximate surface area is 180 Å². The van der Waals surface area contributed by atoms with Crippen LogP contribution in [0.1, 0.15) is 61.5 Å². The van der Waals surface area contributed by atoms with Gasteiger partial charge in [-0.25, -0.2) is 14.5 Å². The molecular formula is C23H26N4O4. The van der Waals surface area contributed by atoms with Gasteiger partial charge in [-0.2, -0.15) is 0 Å². The van der Waals surface area contributed by atoms with Gasteiger partial charge < -0.3 is 9.84 Å². The molecule has 8 heteroatoms. The van der Waals surface area contributed by atoms with Gasteiger partial charge in [0.1, 0.15) is 11.5 Å². The Bertz CT molecular complexity index is 1040. The second-order valence-corrected chi connectivity index (χ2v) is 7.20. The quantitative estimate of drug-likeness (QED) is 0.370. The van der Waals surface area contributed by atoms with Crippen LogP contribution in [0.15, 0.2) is 42.6 Å². The summed E-state index contributed by atoms with van der Waals surface area (Å²) in [4.78, 5) is 31.9. The van der Waals surface area contributed by atoms with Gasteiger partial charge >= 0.3 is 6.16 Å². The summed E-state index contributed by atoms with van der Waals surface area (Å²) in [5, 5.41) is 13.4. The summed E-state index contributed by atoms with van der Waals surface area (Å²) in [6, 6.07) is 10.8. The maximum atomic E-state index is 12.2. The van der Waals surface area contributed by atoms with E-state index in [2.05, 4.69) is 22.0 Å². The van der Waals surface area contributed by atoms with E-state index in [9.17, 15) is 9.59 Å². The van der Waals surface area contributed by atoms with E-state index in [0.29, 0.717) is 18.7 Å². The van der Waals surface area contributed by atoms with Gasteiger partial charge in [0.25, 0.3) is 0 Å². The van der Waals surface area contributed by atoms with Crippen molar-refractivity contribution in [2.24, 2.45) is 0 Å². The minimum Gasteiger partial charge on any atom is -0.449 e. The fraction of sp³-hybridized carbons (Fsp3) is 0.348. The van der Waals surface area contributed by atoms with Crippen LogP contribution in [0, 0.1) is 0 Å². The highest BCUT2D eigenvalue weighted by Crippen LogP contribution is 2.28. The van der Waals surface area contributed by atoms with Gasteiger partial charge in [0, 0.05) is 24.6 Å². The molecule has 2 aromatic heterocycles. The molecule has 1 aromatic carbocycles. The molecule has 3 aromatic rings. The molecule has 1 N–H and O–H groups in total. The second-order valence-electron chi connectivity index (χ2n) is 7.20. The first-order chi connectivity index (χ1) is 15.0. The number of ether oxygens (including phenoxy) is 1. The number of carbonyl (C=O) groups is 2. The predicted molar refractivity (Wildman–Crippen MR) is 115 cm³/mol. The highest BCUT2D eigenvalue weighted by Gasteiger charge is 2.16. The Hall–Kier alpha value is -3.55. The zero-order valence-electron chi connectivity index (χ0n) is 17.7. The highest BCUT2D eigenvalue weighted by atomic mass is 16.7. The molecule has 31 heavy (non-hydrogen) atoms. The summed E-state index contributed by atoms with van der Waals surface area (Å²) < 4.78 is 6.62. The number of unbranched alkanes of at least 4 members (excludes halogenated alkanes) is 1. The topological polar surface area (TPSA) is 107 Å². The molecule has 0 spiro atoms. The van der Waals surface area contributed by atoms with Crippen molar-refractivity contribution in [3.8, 4) is 17.0 Å². The summed E-state index contributed by atoms with van der Waals surface area (Å²) in [7, 11) is 0. The zero-order valence-corrected chi connectivity index (χ0v) is 17.7. The van der Waals surface area contributed by atoms with Gasteiger partial charge in [-0.15, -0.1) is 5.10 Å². The molecule has 0 aliphatic heterocycles. The normalized spacial score (nSPS) is 10.8.